The molecule has 1 aliphatic heterocycles. The molecule has 1 aliphatic rings. The number of aromatic nitrogens is 4. The highest BCUT2D eigenvalue weighted by molar-refractivity contribution is 6.41. The Labute approximate surface area is 225 Å². The number of nitrogens with two attached hydrogens (primary N) is 1. The van der Waals surface area contributed by atoms with Gasteiger partial charge < -0.3 is 26.1 Å². The van der Waals surface area contributed by atoms with Crippen molar-refractivity contribution >= 4 is 46.8 Å². The Hall–Kier alpha value is -3.96. The first-order valence-corrected chi connectivity index (χ1v) is 12.5. The average Bonchev–Trinajstić information content (AvgIpc) is 3.42. The standard InChI is InChI=1S/C26H31ClN8O3/c1-13(2)29-6-7-30-24(36)16-8-17(31-11-16)9-18-20-22(27)33-26(28)34-23(20)35(25(18)37)12-19-15(4)21(38-5)14(3)10-32-19/h8-11,13,29,31H,6-7,12H2,1-5H3,(H,30,36)(H2,28,33,34)/b18-9+. The molecule has 0 aliphatic carbocycles. The van der Waals surface area contributed by atoms with Crippen LogP contribution >= 0.6 is 11.6 Å². The molecule has 3 aromatic rings. The molecule has 0 saturated carbocycles. The first-order valence-electron chi connectivity index (χ1n) is 12.2. The van der Waals surface area contributed by atoms with Crippen LogP contribution in [0.5, 0.6) is 5.75 Å². The molecule has 3 aromatic heterocycles. The van der Waals surface area contributed by atoms with E-state index in [0.717, 1.165) is 11.1 Å². The fraction of sp³-hybridized carbons (Fsp3) is 0.346. The van der Waals surface area contributed by atoms with E-state index in [1.165, 1.54) is 4.90 Å². The summed E-state index contributed by atoms with van der Waals surface area (Å²) in [6.07, 6.45) is 4.91. The zero-order valence-electron chi connectivity index (χ0n) is 22.0. The van der Waals surface area contributed by atoms with Gasteiger partial charge in [0.05, 0.1) is 36.0 Å². The number of nitrogens with zero attached hydrogens (tertiary/aromatic N) is 4. The number of nitrogen functional groups attached to an aromatic ring is 1. The lowest BCUT2D eigenvalue weighted by Gasteiger charge is -2.19. The summed E-state index contributed by atoms with van der Waals surface area (Å²) in [6.45, 7) is 9.15. The number of rotatable bonds is 9. The van der Waals surface area contributed by atoms with E-state index in [0.29, 0.717) is 53.2 Å². The lowest BCUT2D eigenvalue weighted by Crippen LogP contribution is -2.34. The zero-order valence-corrected chi connectivity index (χ0v) is 22.7. The number of amides is 2. The summed E-state index contributed by atoms with van der Waals surface area (Å²) in [7, 11) is 1.59. The maximum atomic E-state index is 13.7. The molecule has 0 spiro atoms. The van der Waals surface area contributed by atoms with Gasteiger partial charge in [-0.3, -0.25) is 19.5 Å². The van der Waals surface area contributed by atoms with E-state index in [9.17, 15) is 9.59 Å². The second-order valence-corrected chi connectivity index (χ2v) is 9.63. The van der Waals surface area contributed by atoms with Crippen molar-refractivity contribution in [3.05, 3.63) is 57.3 Å². The number of hydrogen-bond donors (Lipinski definition) is 4. The molecular weight excluding hydrogens is 508 g/mol. The molecule has 5 N–H and O–H groups in total. The highest BCUT2D eigenvalue weighted by Gasteiger charge is 2.37. The number of nitrogens with one attached hydrogen (secondary N) is 3. The van der Waals surface area contributed by atoms with Gasteiger partial charge in [0, 0.05) is 48.3 Å². The number of ether oxygens (including phenoxy) is 1. The molecule has 12 heteroatoms. The van der Waals surface area contributed by atoms with Crippen molar-refractivity contribution in [3.63, 3.8) is 0 Å². The van der Waals surface area contributed by atoms with Gasteiger partial charge in [-0.15, -0.1) is 0 Å². The Kier molecular flexibility index (Phi) is 7.98. The number of pyridine rings is 1. The van der Waals surface area contributed by atoms with Crippen molar-refractivity contribution in [2.45, 2.75) is 40.3 Å². The number of halogens is 1. The van der Waals surface area contributed by atoms with E-state index in [4.69, 9.17) is 22.1 Å². The predicted molar refractivity (Wildman–Crippen MR) is 147 cm³/mol. The Morgan fingerprint density at radius 3 is 2.76 bits per heavy atom. The van der Waals surface area contributed by atoms with E-state index in [1.54, 1.807) is 31.6 Å². The minimum absolute atomic E-state index is 0.0512. The van der Waals surface area contributed by atoms with Crippen LogP contribution in [0, 0.1) is 13.8 Å². The van der Waals surface area contributed by atoms with Gasteiger partial charge in [0.15, 0.2) is 5.82 Å². The lowest BCUT2D eigenvalue weighted by atomic mass is 10.1. The van der Waals surface area contributed by atoms with Gasteiger partial charge in [-0.25, -0.2) is 4.98 Å². The Balaban J connectivity index is 1.63. The van der Waals surface area contributed by atoms with Crippen LogP contribution in [-0.2, 0) is 11.3 Å². The summed E-state index contributed by atoms with van der Waals surface area (Å²) in [4.78, 5) is 43.6. The molecule has 2 amide bonds. The monoisotopic (exact) mass is 538 g/mol. The number of H-pyrrole nitrogens is 1. The van der Waals surface area contributed by atoms with Crippen molar-refractivity contribution < 1.29 is 14.3 Å². The predicted octanol–water partition coefficient (Wildman–Crippen LogP) is 2.88. The van der Waals surface area contributed by atoms with E-state index in [2.05, 4.69) is 30.6 Å². The van der Waals surface area contributed by atoms with Gasteiger partial charge in [-0.1, -0.05) is 25.4 Å². The highest BCUT2D eigenvalue weighted by atomic mass is 35.5. The number of aromatic amines is 1. The summed E-state index contributed by atoms with van der Waals surface area (Å²) in [5.41, 5.74) is 9.85. The SMILES string of the molecule is COc1c(C)cnc(CN2C(=O)/C(=C/c3cc(C(=O)NCCNC(C)C)c[nH]3)c3c(Cl)nc(N)nc32)c1C. The third kappa shape index (κ3) is 5.48. The van der Waals surface area contributed by atoms with Crippen LogP contribution < -0.4 is 26.0 Å². The van der Waals surface area contributed by atoms with Crippen molar-refractivity contribution in [2.24, 2.45) is 0 Å². The molecule has 0 unspecified atom stereocenters. The molecule has 0 aromatic carbocycles. The molecule has 38 heavy (non-hydrogen) atoms. The van der Waals surface area contributed by atoms with E-state index >= 15 is 0 Å². The molecule has 0 saturated heterocycles. The number of aryl methyl sites for hydroxylation is 1. The number of hydrogen-bond acceptors (Lipinski definition) is 8. The summed E-state index contributed by atoms with van der Waals surface area (Å²) in [5, 5.41) is 6.17. The molecule has 4 rings (SSSR count). The third-order valence-corrected chi connectivity index (χ3v) is 6.43. The van der Waals surface area contributed by atoms with Gasteiger partial charge in [0.2, 0.25) is 5.95 Å². The Morgan fingerprint density at radius 1 is 1.29 bits per heavy atom. The summed E-state index contributed by atoms with van der Waals surface area (Å²) in [5.74, 6) is 0.379. The fourth-order valence-corrected chi connectivity index (χ4v) is 4.57. The smallest absolute Gasteiger partial charge is 0.260 e. The number of carbonyl (C=O) groups excluding carboxylic acids is 2. The molecular formula is C26H31ClN8O3. The minimum Gasteiger partial charge on any atom is -0.496 e. The van der Waals surface area contributed by atoms with Crippen molar-refractivity contribution in [2.75, 3.05) is 30.8 Å². The maximum Gasteiger partial charge on any atom is 0.260 e. The summed E-state index contributed by atoms with van der Waals surface area (Å²) in [6, 6.07) is 2.00. The van der Waals surface area contributed by atoms with Gasteiger partial charge >= 0.3 is 0 Å². The van der Waals surface area contributed by atoms with Crippen molar-refractivity contribution in [1.29, 1.82) is 0 Å². The fourth-order valence-electron chi connectivity index (χ4n) is 4.30. The molecule has 0 atom stereocenters. The van der Waals surface area contributed by atoms with E-state index in [-0.39, 0.29) is 35.0 Å². The van der Waals surface area contributed by atoms with Crippen LogP contribution in [-0.4, -0.2) is 58.0 Å². The van der Waals surface area contributed by atoms with Gasteiger partial charge in [-0.05, 0) is 26.0 Å². The van der Waals surface area contributed by atoms with Gasteiger partial charge in [0.25, 0.3) is 11.8 Å². The first kappa shape index (κ1) is 27.1. The second-order valence-electron chi connectivity index (χ2n) is 9.28. The van der Waals surface area contributed by atoms with Crippen LogP contribution in [0.15, 0.2) is 18.5 Å². The maximum absolute atomic E-state index is 13.7. The number of fused-ring (bicyclic) bond motifs is 1. The van der Waals surface area contributed by atoms with E-state index in [1.807, 2.05) is 27.7 Å². The molecule has 200 valence electrons. The highest BCUT2D eigenvalue weighted by Crippen LogP contribution is 2.41. The van der Waals surface area contributed by atoms with Crippen LogP contribution in [0.25, 0.3) is 11.6 Å². The van der Waals surface area contributed by atoms with Gasteiger partial charge in [-0.2, -0.15) is 4.98 Å². The summed E-state index contributed by atoms with van der Waals surface area (Å²) >= 11 is 6.45. The Bertz CT molecular complexity index is 1420. The quantitative estimate of drug-likeness (QED) is 0.184. The average molecular weight is 539 g/mol. The molecule has 0 fully saturated rings. The van der Waals surface area contributed by atoms with Crippen LogP contribution in [0.2, 0.25) is 5.15 Å². The largest absolute Gasteiger partial charge is 0.496 e. The van der Waals surface area contributed by atoms with Crippen molar-refractivity contribution in [3.8, 4) is 5.75 Å². The number of carbonyl (C=O) groups is 2. The number of anilines is 2. The molecule has 4 heterocycles. The third-order valence-electron chi connectivity index (χ3n) is 6.15. The topological polar surface area (TPSA) is 151 Å². The minimum atomic E-state index is -0.345. The second kappa shape index (κ2) is 11.2. The van der Waals surface area contributed by atoms with Gasteiger partial charge in [0.1, 0.15) is 10.9 Å². The molecule has 11 nitrogen and oxygen atoms in total. The van der Waals surface area contributed by atoms with E-state index < -0.39 is 0 Å². The number of methoxy groups -OCH3 is 1. The molecule has 0 bridgehead atoms. The normalized spacial score (nSPS) is 13.9. The first-order chi connectivity index (χ1) is 18.1. The van der Waals surface area contributed by atoms with Crippen LogP contribution in [0.1, 0.15) is 52.3 Å². The van der Waals surface area contributed by atoms with Crippen LogP contribution in [0.3, 0.4) is 0 Å². The molecule has 0 radical (unpaired) electrons. The zero-order chi connectivity index (χ0) is 27.6. The Morgan fingerprint density at radius 2 is 2.05 bits per heavy atom. The summed E-state index contributed by atoms with van der Waals surface area (Å²) < 4.78 is 5.52. The van der Waals surface area contributed by atoms with Crippen molar-refractivity contribution in [1.82, 2.24) is 30.6 Å². The lowest BCUT2D eigenvalue weighted by molar-refractivity contribution is -0.113. The van der Waals surface area contributed by atoms with Crippen LogP contribution in [0.4, 0.5) is 11.8 Å².